The van der Waals surface area contributed by atoms with E-state index in [2.05, 4.69) is 5.32 Å². The topological polar surface area (TPSA) is 58.6 Å². The van der Waals surface area contributed by atoms with Gasteiger partial charge in [0, 0.05) is 17.9 Å². The summed E-state index contributed by atoms with van der Waals surface area (Å²) < 4.78 is 5.54. The molecule has 0 saturated carbocycles. The zero-order valence-electron chi connectivity index (χ0n) is 11.6. The predicted molar refractivity (Wildman–Crippen MR) is 77.2 cm³/mol. The molecule has 0 bridgehead atoms. The summed E-state index contributed by atoms with van der Waals surface area (Å²) in [6.45, 7) is 4.40. The van der Waals surface area contributed by atoms with E-state index in [4.69, 9.17) is 16.3 Å². The summed E-state index contributed by atoms with van der Waals surface area (Å²) in [6.07, 6.45) is 0.849. The normalized spacial score (nSPS) is 26.5. The number of nitrogens with one attached hydrogen (secondary N) is 1. The van der Waals surface area contributed by atoms with Crippen LogP contribution in [-0.2, 0) is 9.53 Å². The maximum Gasteiger partial charge on any atom is 0.231 e. The molecule has 20 heavy (non-hydrogen) atoms. The Morgan fingerprint density at radius 2 is 2.30 bits per heavy atom. The van der Waals surface area contributed by atoms with Crippen molar-refractivity contribution in [1.82, 2.24) is 0 Å². The van der Waals surface area contributed by atoms with Crippen molar-refractivity contribution in [3.63, 3.8) is 0 Å². The minimum atomic E-state index is -0.739. The third-order valence-corrected chi connectivity index (χ3v) is 4.80. The molecule has 2 aliphatic rings. The van der Waals surface area contributed by atoms with E-state index in [0.717, 1.165) is 29.7 Å². The first-order valence-corrected chi connectivity index (χ1v) is 7.32. The van der Waals surface area contributed by atoms with Gasteiger partial charge in [0.2, 0.25) is 5.91 Å². The monoisotopic (exact) mass is 295 g/mol. The van der Waals surface area contributed by atoms with Gasteiger partial charge in [0.05, 0.1) is 17.0 Å². The highest BCUT2D eigenvalue weighted by Crippen LogP contribution is 2.43. The zero-order chi connectivity index (χ0) is 14.4. The number of amides is 1. The summed E-state index contributed by atoms with van der Waals surface area (Å²) in [7, 11) is 0. The summed E-state index contributed by atoms with van der Waals surface area (Å²) in [4.78, 5) is 11.8. The van der Waals surface area contributed by atoms with Gasteiger partial charge < -0.3 is 15.2 Å². The number of benzene rings is 1. The molecule has 1 aromatic carbocycles. The molecule has 3 rings (SSSR count). The highest BCUT2D eigenvalue weighted by molar-refractivity contribution is 6.33. The fourth-order valence-electron chi connectivity index (χ4n) is 2.99. The molecule has 2 heterocycles. The molecule has 0 spiro atoms. The lowest BCUT2D eigenvalue weighted by molar-refractivity contribution is -0.116. The highest BCUT2D eigenvalue weighted by atomic mass is 35.5. The summed E-state index contributed by atoms with van der Waals surface area (Å²) in [5.41, 5.74) is 3.17. The fourth-order valence-corrected chi connectivity index (χ4v) is 3.25. The molecule has 5 heteroatoms. The first-order chi connectivity index (χ1) is 9.50. The van der Waals surface area contributed by atoms with Crippen LogP contribution in [0.3, 0.4) is 0 Å². The van der Waals surface area contributed by atoms with Crippen molar-refractivity contribution >= 4 is 23.2 Å². The van der Waals surface area contributed by atoms with E-state index in [-0.39, 0.29) is 17.9 Å². The Kier molecular flexibility index (Phi) is 3.48. The Morgan fingerprint density at radius 3 is 2.95 bits per heavy atom. The number of halogens is 1. The summed E-state index contributed by atoms with van der Waals surface area (Å²) in [5, 5.41) is 13.9. The van der Waals surface area contributed by atoms with Crippen LogP contribution in [0.15, 0.2) is 6.07 Å². The van der Waals surface area contributed by atoms with E-state index < -0.39 is 6.10 Å². The third kappa shape index (κ3) is 2.03. The molecule has 3 unspecified atom stereocenters. The van der Waals surface area contributed by atoms with E-state index in [1.54, 1.807) is 0 Å². The zero-order valence-corrected chi connectivity index (χ0v) is 12.3. The van der Waals surface area contributed by atoms with Crippen LogP contribution >= 0.6 is 11.6 Å². The number of aliphatic hydroxyl groups is 1. The number of aliphatic hydroxyl groups excluding tert-OH is 1. The average molecular weight is 296 g/mol. The molecular formula is C15H18ClNO3. The minimum absolute atomic E-state index is 0.0251. The molecule has 4 nitrogen and oxygen atoms in total. The van der Waals surface area contributed by atoms with Crippen LogP contribution in [0.1, 0.15) is 48.5 Å². The van der Waals surface area contributed by atoms with Crippen molar-refractivity contribution in [2.24, 2.45) is 0 Å². The quantitative estimate of drug-likeness (QED) is 0.882. The van der Waals surface area contributed by atoms with Gasteiger partial charge in [-0.25, -0.2) is 0 Å². The SMILES string of the molecule is Cc1c(Cl)c(C(O)C2CCCO2)cc2c1NC(=O)C2C. The Morgan fingerprint density at radius 1 is 1.55 bits per heavy atom. The van der Waals surface area contributed by atoms with Crippen LogP contribution in [0.4, 0.5) is 5.69 Å². The van der Waals surface area contributed by atoms with Crippen molar-refractivity contribution in [3.8, 4) is 0 Å². The van der Waals surface area contributed by atoms with Gasteiger partial charge in [-0.2, -0.15) is 0 Å². The molecule has 2 N–H and O–H groups in total. The molecule has 0 aliphatic carbocycles. The smallest absolute Gasteiger partial charge is 0.231 e. The van der Waals surface area contributed by atoms with Gasteiger partial charge >= 0.3 is 0 Å². The first-order valence-electron chi connectivity index (χ1n) is 6.94. The van der Waals surface area contributed by atoms with Crippen LogP contribution in [0.2, 0.25) is 5.02 Å². The molecule has 1 saturated heterocycles. The van der Waals surface area contributed by atoms with E-state index in [9.17, 15) is 9.90 Å². The van der Waals surface area contributed by atoms with Gasteiger partial charge in [-0.1, -0.05) is 11.6 Å². The number of anilines is 1. The van der Waals surface area contributed by atoms with Crippen LogP contribution in [0, 0.1) is 6.92 Å². The lowest BCUT2D eigenvalue weighted by atomic mass is 9.93. The highest BCUT2D eigenvalue weighted by Gasteiger charge is 2.33. The molecule has 108 valence electrons. The number of fused-ring (bicyclic) bond motifs is 1. The molecule has 0 aromatic heterocycles. The van der Waals surface area contributed by atoms with Crippen molar-refractivity contribution in [2.45, 2.75) is 44.8 Å². The summed E-state index contributed by atoms with van der Waals surface area (Å²) in [6, 6.07) is 1.85. The number of hydrogen-bond donors (Lipinski definition) is 2. The van der Waals surface area contributed by atoms with E-state index >= 15 is 0 Å². The van der Waals surface area contributed by atoms with Gasteiger partial charge in [-0.05, 0) is 43.9 Å². The van der Waals surface area contributed by atoms with Gasteiger partial charge in [-0.15, -0.1) is 0 Å². The lowest BCUT2D eigenvalue weighted by Crippen LogP contribution is -2.18. The predicted octanol–water partition coefficient (Wildman–Crippen LogP) is 2.92. The Labute approximate surface area is 123 Å². The Balaban J connectivity index is 2.04. The summed E-state index contributed by atoms with van der Waals surface area (Å²) >= 11 is 6.38. The van der Waals surface area contributed by atoms with Gasteiger partial charge in [0.25, 0.3) is 0 Å². The molecule has 2 aliphatic heterocycles. The van der Waals surface area contributed by atoms with Crippen molar-refractivity contribution < 1.29 is 14.6 Å². The van der Waals surface area contributed by atoms with E-state index in [1.807, 2.05) is 19.9 Å². The number of carbonyl (C=O) groups is 1. The number of hydrogen-bond acceptors (Lipinski definition) is 3. The second-order valence-corrected chi connectivity index (χ2v) is 5.95. The minimum Gasteiger partial charge on any atom is -0.386 e. The van der Waals surface area contributed by atoms with Crippen LogP contribution in [0.5, 0.6) is 0 Å². The largest absolute Gasteiger partial charge is 0.386 e. The number of carbonyl (C=O) groups excluding carboxylic acids is 1. The number of rotatable bonds is 2. The third-order valence-electron chi connectivity index (χ3n) is 4.30. The maximum absolute atomic E-state index is 11.8. The van der Waals surface area contributed by atoms with Crippen molar-refractivity contribution in [1.29, 1.82) is 0 Å². The fraction of sp³-hybridized carbons (Fsp3) is 0.533. The second-order valence-electron chi connectivity index (χ2n) is 5.58. The molecule has 0 radical (unpaired) electrons. The van der Waals surface area contributed by atoms with Crippen molar-refractivity contribution in [2.75, 3.05) is 11.9 Å². The van der Waals surface area contributed by atoms with Gasteiger partial charge in [0.15, 0.2) is 0 Å². The Bertz CT molecular complexity index is 567. The number of ether oxygens (including phenoxy) is 1. The maximum atomic E-state index is 11.8. The van der Waals surface area contributed by atoms with Gasteiger partial charge in [0.1, 0.15) is 6.10 Å². The van der Waals surface area contributed by atoms with E-state index in [0.29, 0.717) is 17.2 Å². The Hall–Kier alpha value is -1.10. The molecule has 1 aromatic rings. The molecule has 3 atom stereocenters. The molecule has 1 fully saturated rings. The van der Waals surface area contributed by atoms with Crippen LogP contribution < -0.4 is 5.32 Å². The van der Waals surface area contributed by atoms with Crippen LogP contribution in [0.25, 0.3) is 0 Å². The molecular weight excluding hydrogens is 278 g/mol. The molecule has 1 amide bonds. The average Bonchev–Trinajstić information content (AvgIpc) is 3.04. The van der Waals surface area contributed by atoms with Crippen molar-refractivity contribution in [3.05, 3.63) is 27.8 Å². The van der Waals surface area contributed by atoms with Gasteiger partial charge in [-0.3, -0.25) is 4.79 Å². The second kappa shape index (κ2) is 5.02. The van der Waals surface area contributed by atoms with E-state index in [1.165, 1.54) is 0 Å². The standard InChI is InChI=1S/C15H18ClNO3/c1-7-9-6-10(14(18)11-4-3-5-20-11)12(16)8(2)13(9)17-15(7)19/h6-7,11,14,18H,3-5H2,1-2H3,(H,17,19). The van der Waals surface area contributed by atoms with Crippen LogP contribution in [-0.4, -0.2) is 23.7 Å². The lowest BCUT2D eigenvalue weighted by Gasteiger charge is -2.21. The first kappa shape index (κ1) is 13.9. The summed E-state index contributed by atoms with van der Waals surface area (Å²) in [5.74, 6) is -0.237.